The van der Waals surface area contributed by atoms with Crippen molar-refractivity contribution in [2.75, 3.05) is 6.61 Å². The predicted molar refractivity (Wildman–Crippen MR) is 165 cm³/mol. The number of rotatable bonds is 6. The van der Waals surface area contributed by atoms with Crippen molar-refractivity contribution in [3.8, 4) is 0 Å². The molecular weight excluding hydrogens is 595 g/mol. The molecule has 1 nitrogen and oxygen atoms in total. The molecule has 0 heterocycles. The second-order valence-corrected chi connectivity index (χ2v) is 13.9. The fourth-order valence-corrected chi connectivity index (χ4v) is 5.64. The minimum absolute atomic E-state index is 0. The molecule has 4 aromatic carbocycles. The topological polar surface area (TPSA) is 9.23 Å². The molecule has 0 amide bonds. The van der Waals surface area contributed by atoms with Crippen molar-refractivity contribution in [2.24, 2.45) is 0 Å². The fourth-order valence-electron chi connectivity index (χ4n) is 4.88. The molecule has 1 aliphatic rings. The van der Waals surface area contributed by atoms with Gasteiger partial charge in [-0.1, -0.05) is 77.9 Å². The Morgan fingerprint density at radius 2 is 1.44 bits per heavy atom. The van der Waals surface area contributed by atoms with Crippen LogP contribution in [0.15, 0.2) is 78.4 Å². The van der Waals surface area contributed by atoms with Gasteiger partial charge in [0.2, 0.25) is 0 Å². The van der Waals surface area contributed by atoms with E-state index < -0.39 is 8.32 Å². The van der Waals surface area contributed by atoms with Crippen LogP contribution in [0.5, 0.6) is 0 Å². The summed E-state index contributed by atoms with van der Waals surface area (Å²) in [5.74, 6) is 0.341. The van der Waals surface area contributed by atoms with Gasteiger partial charge in [-0.25, -0.2) is 0 Å². The van der Waals surface area contributed by atoms with Gasteiger partial charge >= 0.3 is 30.2 Å². The summed E-state index contributed by atoms with van der Waals surface area (Å²) in [6.07, 6.45) is 4.59. The molecule has 2 radical (unpaired) electrons. The molecule has 1 atom stereocenters. The van der Waals surface area contributed by atoms with Crippen LogP contribution in [0.2, 0.25) is 19.6 Å². The molecule has 0 fully saturated rings. The summed E-state index contributed by atoms with van der Waals surface area (Å²) in [6, 6.07) is 26.9. The maximum absolute atomic E-state index is 6.13. The van der Waals surface area contributed by atoms with Crippen LogP contribution in [0.4, 0.5) is 0 Å². The van der Waals surface area contributed by atoms with E-state index in [1.54, 1.807) is 0 Å². The maximum atomic E-state index is 6.13. The van der Waals surface area contributed by atoms with E-state index in [-0.39, 0.29) is 39.7 Å². The van der Waals surface area contributed by atoms with Gasteiger partial charge in [-0.3, -0.25) is 0 Å². The van der Waals surface area contributed by atoms with E-state index in [9.17, 15) is 0 Å². The molecule has 0 saturated heterocycles. The van der Waals surface area contributed by atoms with Gasteiger partial charge in [-0.2, -0.15) is 0 Å². The average Bonchev–Trinajstić information content (AvgIpc) is 3.35. The molecule has 36 heavy (non-hydrogen) atoms. The first-order chi connectivity index (χ1) is 15.5. The Bertz CT molecular complexity index is 1280. The molecule has 192 valence electrons. The number of benzene rings is 3. The van der Waals surface area contributed by atoms with E-state index >= 15 is 0 Å². The Hall–Kier alpha value is -0.873. The average molecular weight is 632 g/mol. The van der Waals surface area contributed by atoms with Crippen LogP contribution in [-0.2, 0) is 27.8 Å². The Kier molecular flexibility index (Phi) is 15.1. The van der Waals surface area contributed by atoms with Gasteiger partial charge in [0.1, 0.15) is 0 Å². The Morgan fingerprint density at radius 3 is 2.17 bits per heavy atom. The van der Waals surface area contributed by atoms with E-state index in [1.165, 1.54) is 67.1 Å². The number of hydrogen-bond donors (Lipinski definition) is 0. The summed E-state index contributed by atoms with van der Waals surface area (Å²) >= 11 is 1.36. The van der Waals surface area contributed by atoms with Crippen LogP contribution in [0.3, 0.4) is 0 Å². The Labute approximate surface area is 248 Å². The monoisotopic (exact) mass is 629 g/mol. The van der Waals surface area contributed by atoms with Gasteiger partial charge < -0.3 is 19.3 Å². The molecule has 0 saturated carbocycles. The summed E-state index contributed by atoms with van der Waals surface area (Å²) in [4.78, 5) is 0. The summed E-state index contributed by atoms with van der Waals surface area (Å²) in [5.41, 5.74) is 5.77. The third-order valence-corrected chi connectivity index (χ3v) is 7.24. The molecular formula is C30H37Cl2OSi2Zr-3. The normalized spacial score (nSPS) is 13.6. The van der Waals surface area contributed by atoms with Crippen molar-refractivity contribution < 1.29 is 27.8 Å². The second kappa shape index (κ2) is 15.5. The van der Waals surface area contributed by atoms with Gasteiger partial charge in [0.25, 0.3) is 0 Å². The van der Waals surface area contributed by atoms with Crippen LogP contribution in [0.25, 0.3) is 27.6 Å². The molecule has 0 bridgehead atoms. The summed E-state index contributed by atoms with van der Waals surface area (Å²) < 4.78 is 6.13. The summed E-state index contributed by atoms with van der Waals surface area (Å²) in [7, 11) is -1.45. The van der Waals surface area contributed by atoms with Crippen LogP contribution in [0.1, 0.15) is 35.4 Å². The molecule has 1 aliphatic carbocycles. The first-order valence-electron chi connectivity index (χ1n) is 11.3. The van der Waals surface area contributed by atoms with Gasteiger partial charge in [-0.05, 0) is 43.6 Å². The molecule has 0 spiro atoms. The second-order valence-electron chi connectivity index (χ2n) is 9.39. The van der Waals surface area contributed by atoms with Crippen molar-refractivity contribution in [3.63, 3.8) is 0 Å². The van der Waals surface area contributed by atoms with Gasteiger partial charge in [0, 0.05) is 12.5 Å². The molecule has 0 aromatic heterocycles. The van der Waals surface area contributed by atoms with Crippen molar-refractivity contribution in [2.45, 2.75) is 38.4 Å². The molecule has 0 aliphatic heterocycles. The van der Waals surface area contributed by atoms with Crippen LogP contribution < -0.4 is 0 Å². The molecule has 1 unspecified atom stereocenters. The predicted octanol–water partition coefficient (Wildman–Crippen LogP) is 9.23. The van der Waals surface area contributed by atoms with Gasteiger partial charge in [0.15, 0.2) is 8.32 Å². The number of hydrogen-bond acceptors (Lipinski definition) is 1. The van der Waals surface area contributed by atoms with E-state index in [2.05, 4.69) is 105 Å². The standard InChI is InChI=1S/C28H29OSi.2CH3.2ClH.Si.Zr/c1-30(2,3)29-17-9-12-22-18-20-10-5-7-14-24(20)28(22)26-16-8-15-25-23-13-6-4-11-21(23)19-27(25)26;;;;;;/h4-8,10-11,13-16,18-19,28H,9,12,17H2,1-3H3;2*1H3;2*1H;;/q3*-1;;;;. The van der Waals surface area contributed by atoms with Crippen molar-refractivity contribution >= 4 is 67.6 Å². The van der Waals surface area contributed by atoms with Crippen molar-refractivity contribution in [1.82, 2.24) is 0 Å². The van der Waals surface area contributed by atoms with Crippen LogP contribution >= 0.6 is 24.8 Å². The number of allylic oxidation sites excluding steroid dienone is 1. The number of fused-ring (bicyclic) bond motifs is 4. The van der Waals surface area contributed by atoms with E-state index in [0.29, 0.717) is 5.92 Å². The molecule has 5 rings (SSSR count). The quantitative estimate of drug-likeness (QED) is 0.117. The first-order valence-corrected chi connectivity index (χ1v) is 18.9. The van der Waals surface area contributed by atoms with E-state index in [1.807, 2.05) is 0 Å². The van der Waals surface area contributed by atoms with Crippen LogP contribution in [-0.4, -0.2) is 21.8 Å². The van der Waals surface area contributed by atoms with Crippen molar-refractivity contribution in [1.29, 1.82) is 0 Å². The SMILES string of the molecule is C[Si](C)(C)OCCCC1=Cc2ccccc2C1c1cccc2c1[cH-]c1ccccc12.Cl.Cl.[CH3-].[CH3-].[Si]=[Zr]. The fraction of sp³-hybridized carbons (Fsp3) is 0.233. The third-order valence-electron chi connectivity index (χ3n) is 6.17. The molecule has 6 heteroatoms. The van der Waals surface area contributed by atoms with E-state index in [0.717, 1.165) is 19.4 Å². The van der Waals surface area contributed by atoms with Crippen LogP contribution in [0, 0.1) is 14.9 Å². The van der Waals surface area contributed by atoms with Crippen molar-refractivity contribution in [3.05, 3.63) is 110 Å². The molecule has 0 N–H and O–H groups in total. The zero-order chi connectivity index (χ0) is 22.7. The van der Waals surface area contributed by atoms with E-state index in [4.69, 9.17) is 4.43 Å². The first kappa shape index (κ1) is 35.1. The Morgan fingerprint density at radius 1 is 0.833 bits per heavy atom. The zero-order valence-corrected chi connectivity index (χ0v) is 28.0. The summed E-state index contributed by atoms with van der Waals surface area (Å²) in [6.45, 7) is 10.7. The van der Waals surface area contributed by atoms with Gasteiger partial charge in [-0.15, -0.1) is 58.5 Å². The number of halogens is 2. The minimum atomic E-state index is -1.45. The molecule has 4 aromatic rings. The zero-order valence-electron chi connectivity index (χ0n) is 21.9. The Balaban J connectivity index is 0.00000199. The van der Waals surface area contributed by atoms with Gasteiger partial charge in [0.05, 0.1) is 0 Å². The third kappa shape index (κ3) is 7.59. The summed E-state index contributed by atoms with van der Waals surface area (Å²) in [5, 5.41) is 5.45.